The first-order valence-electron chi connectivity index (χ1n) is 6.35. The molecule has 1 fully saturated rings. The number of benzene rings is 1. The van der Waals surface area contributed by atoms with Crippen molar-refractivity contribution in [3.8, 4) is 11.5 Å². The molecule has 18 heavy (non-hydrogen) atoms. The molecule has 4 nitrogen and oxygen atoms in total. The lowest BCUT2D eigenvalue weighted by Crippen LogP contribution is -2.31. The van der Waals surface area contributed by atoms with Gasteiger partial charge in [0, 0.05) is 24.7 Å². The normalized spacial score (nSPS) is 20.1. The fourth-order valence-corrected chi connectivity index (χ4v) is 2.38. The minimum Gasteiger partial charge on any atom is -0.497 e. The minimum atomic E-state index is 0.575. The van der Waals surface area contributed by atoms with Gasteiger partial charge in [-0.05, 0) is 38.2 Å². The Balaban J connectivity index is 1.98. The molecule has 0 bridgehead atoms. The topological polar surface area (TPSA) is 33.7 Å². The zero-order valence-corrected chi connectivity index (χ0v) is 11.4. The first-order chi connectivity index (χ1) is 8.72. The van der Waals surface area contributed by atoms with Gasteiger partial charge in [-0.25, -0.2) is 0 Å². The highest BCUT2D eigenvalue weighted by molar-refractivity contribution is 5.40. The van der Waals surface area contributed by atoms with E-state index in [9.17, 15) is 0 Å². The zero-order chi connectivity index (χ0) is 13.0. The van der Waals surface area contributed by atoms with Crippen molar-refractivity contribution >= 4 is 0 Å². The van der Waals surface area contributed by atoms with E-state index in [1.54, 1.807) is 14.2 Å². The molecule has 1 atom stereocenters. The fraction of sp³-hybridized carbons (Fsp3) is 0.571. The van der Waals surface area contributed by atoms with Crippen molar-refractivity contribution in [2.75, 3.05) is 34.4 Å². The fourth-order valence-electron chi connectivity index (χ4n) is 2.38. The molecule has 1 N–H and O–H groups in total. The predicted molar refractivity (Wildman–Crippen MR) is 72.3 cm³/mol. The molecule has 1 aromatic carbocycles. The molecule has 0 aromatic heterocycles. The number of nitrogens with zero attached hydrogens (tertiary/aromatic N) is 1. The molecular weight excluding hydrogens is 228 g/mol. The zero-order valence-electron chi connectivity index (χ0n) is 11.4. The van der Waals surface area contributed by atoms with Crippen molar-refractivity contribution in [1.29, 1.82) is 0 Å². The van der Waals surface area contributed by atoms with E-state index in [1.165, 1.54) is 13.0 Å². The summed E-state index contributed by atoms with van der Waals surface area (Å²) >= 11 is 0. The maximum atomic E-state index is 5.38. The smallest absolute Gasteiger partial charge is 0.123 e. The van der Waals surface area contributed by atoms with E-state index >= 15 is 0 Å². The molecule has 2 rings (SSSR count). The Bertz CT molecular complexity index is 395. The highest BCUT2D eigenvalue weighted by Gasteiger charge is 2.19. The van der Waals surface area contributed by atoms with Crippen molar-refractivity contribution in [1.82, 2.24) is 10.2 Å². The molecule has 0 amide bonds. The number of likely N-dealkylation sites (tertiary alicyclic amines) is 1. The average Bonchev–Trinajstić information content (AvgIpc) is 2.81. The van der Waals surface area contributed by atoms with Crippen LogP contribution >= 0.6 is 0 Å². The van der Waals surface area contributed by atoms with Crippen LogP contribution in [0.2, 0.25) is 0 Å². The lowest BCUT2D eigenvalue weighted by atomic mass is 10.1. The Morgan fingerprint density at radius 3 is 2.78 bits per heavy atom. The van der Waals surface area contributed by atoms with Gasteiger partial charge >= 0.3 is 0 Å². The van der Waals surface area contributed by atoms with Gasteiger partial charge in [0.05, 0.1) is 14.2 Å². The number of nitrogens with one attached hydrogen (secondary N) is 1. The third-order valence-electron chi connectivity index (χ3n) is 3.46. The minimum absolute atomic E-state index is 0.575. The number of rotatable bonds is 5. The quantitative estimate of drug-likeness (QED) is 0.858. The van der Waals surface area contributed by atoms with Gasteiger partial charge in [-0.1, -0.05) is 0 Å². The van der Waals surface area contributed by atoms with E-state index in [0.717, 1.165) is 30.2 Å². The van der Waals surface area contributed by atoms with Crippen LogP contribution in [-0.4, -0.2) is 45.3 Å². The van der Waals surface area contributed by atoms with Crippen LogP contribution in [0, 0.1) is 0 Å². The van der Waals surface area contributed by atoms with Crippen LogP contribution in [0.5, 0.6) is 11.5 Å². The van der Waals surface area contributed by atoms with Crippen LogP contribution in [0.3, 0.4) is 0 Å². The summed E-state index contributed by atoms with van der Waals surface area (Å²) in [5.74, 6) is 1.78. The van der Waals surface area contributed by atoms with Gasteiger partial charge in [-0.15, -0.1) is 0 Å². The molecule has 4 heteroatoms. The van der Waals surface area contributed by atoms with Crippen LogP contribution in [0.1, 0.15) is 12.0 Å². The van der Waals surface area contributed by atoms with Gasteiger partial charge in [0.15, 0.2) is 0 Å². The molecule has 1 aromatic rings. The average molecular weight is 250 g/mol. The van der Waals surface area contributed by atoms with E-state index in [4.69, 9.17) is 9.47 Å². The molecule has 100 valence electrons. The van der Waals surface area contributed by atoms with Crippen molar-refractivity contribution in [2.24, 2.45) is 0 Å². The van der Waals surface area contributed by atoms with E-state index < -0.39 is 0 Å². The molecular formula is C14H22N2O2. The number of hydrogen-bond acceptors (Lipinski definition) is 4. The Morgan fingerprint density at radius 2 is 2.17 bits per heavy atom. The number of likely N-dealkylation sites (N-methyl/N-ethyl adjacent to an activating group) is 1. The lowest BCUT2D eigenvalue weighted by Gasteiger charge is -2.15. The van der Waals surface area contributed by atoms with Crippen LogP contribution in [0.4, 0.5) is 0 Å². The molecule has 0 spiro atoms. The third-order valence-corrected chi connectivity index (χ3v) is 3.46. The molecule has 0 saturated carbocycles. The van der Waals surface area contributed by atoms with Crippen LogP contribution in [-0.2, 0) is 6.54 Å². The van der Waals surface area contributed by atoms with Crippen molar-refractivity contribution in [2.45, 2.75) is 19.0 Å². The molecule has 1 aliphatic heterocycles. The summed E-state index contributed by atoms with van der Waals surface area (Å²) < 4.78 is 10.6. The SMILES string of the molecule is COc1ccc(OC)c(CNC2CCN(C)C2)c1. The lowest BCUT2D eigenvalue weighted by molar-refractivity contribution is 0.387. The van der Waals surface area contributed by atoms with E-state index in [-0.39, 0.29) is 0 Å². The molecule has 1 unspecified atom stereocenters. The van der Waals surface area contributed by atoms with Gasteiger partial charge in [0.1, 0.15) is 11.5 Å². The van der Waals surface area contributed by atoms with Gasteiger partial charge in [0.2, 0.25) is 0 Å². The van der Waals surface area contributed by atoms with Crippen molar-refractivity contribution < 1.29 is 9.47 Å². The summed E-state index contributed by atoms with van der Waals surface area (Å²) in [6.45, 7) is 3.11. The molecule has 1 heterocycles. The summed E-state index contributed by atoms with van der Waals surface area (Å²) in [5, 5.41) is 3.58. The van der Waals surface area contributed by atoms with Gasteiger partial charge < -0.3 is 19.7 Å². The summed E-state index contributed by atoms with van der Waals surface area (Å²) in [5.41, 5.74) is 1.14. The Kier molecular flexibility index (Phi) is 4.44. The first kappa shape index (κ1) is 13.2. The largest absolute Gasteiger partial charge is 0.497 e. The highest BCUT2D eigenvalue weighted by atomic mass is 16.5. The van der Waals surface area contributed by atoms with Crippen LogP contribution in [0.15, 0.2) is 18.2 Å². The third kappa shape index (κ3) is 3.15. The van der Waals surface area contributed by atoms with Gasteiger partial charge in [0.25, 0.3) is 0 Å². The summed E-state index contributed by atoms with van der Waals surface area (Å²) in [4.78, 5) is 2.35. The number of ether oxygens (including phenoxy) is 2. The van der Waals surface area contributed by atoms with Crippen molar-refractivity contribution in [3.05, 3.63) is 23.8 Å². The van der Waals surface area contributed by atoms with Gasteiger partial charge in [-0.2, -0.15) is 0 Å². The van der Waals surface area contributed by atoms with Crippen LogP contribution in [0.25, 0.3) is 0 Å². The number of hydrogen-bond donors (Lipinski definition) is 1. The first-order valence-corrected chi connectivity index (χ1v) is 6.35. The van der Waals surface area contributed by atoms with Crippen molar-refractivity contribution in [3.63, 3.8) is 0 Å². The Labute approximate surface area is 109 Å². The Morgan fingerprint density at radius 1 is 1.33 bits per heavy atom. The summed E-state index contributed by atoms with van der Waals surface area (Å²) in [6, 6.07) is 6.48. The summed E-state index contributed by atoms with van der Waals surface area (Å²) in [6.07, 6.45) is 1.21. The molecule has 1 aliphatic rings. The van der Waals surface area contributed by atoms with E-state index in [2.05, 4.69) is 17.3 Å². The van der Waals surface area contributed by atoms with Crippen LogP contribution < -0.4 is 14.8 Å². The molecule has 1 saturated heterocycles. The van der Waals surface area contributed by atoms with E-state index in [1.807, 2.05) is 18.2 Å². The maximum Gasteiger partial charge on any atom is 0.123 e. The standard InChI is InChI=1S/C14H22N2O2/c1-16-7-6-12(10-16)15-9-11-8-13(17-2)4-5-14(11)18-3/h4-5,8,12,15H,6-7,9-10H2,1-3H3. The second-order valence-corrected chi connectivity index (χ2v) is 4.81. The predicted octanol–water partition coefficient (Wildman–Crippen LogP) is 1.50. The summed E-state index contributed by atoms with van der Waals surface area (Å²) in [7, 11) is 5.55. The monoisotopic (exact) mass is 250 g/mol. The Hall–Kier alpha value is -1.26. The molecule has 0 aliphatic carbocycles. The maximum absolute atomic E-state index is 5.38. The second kappa shape index (κ2) is 6.07. The van der Waals surface area contributed by atoms with Gasteiger partial charge in [-0.3, -0.25) is 0 Å². The number of methoxy groups -OCH3 is 2. The second-order valence-electron chi connectivity index (χ2n) is 4.81. The molecule has 0 radical (unpaired) electrons. The van der Waals surface area contributed by atoms with E-state index in [0.29, 0.717) is 6.04 Å². The highest BCUT2D eigenvalue weighted by Crippen LogP contribution is 2.24.